The summed E-state index contributed by atoms with van der Waals surface area (Å²) in [7, 11) is 0. The fraction of sp³-hybridized carbons (Fsp3) is 0.143. The maximum atomic E-state index is 14.1. The second-order valence-electron chi connectivity index (χ2n) is 9.02. The van der Waals surface area contributed by atoms with Crippen molar-refractivity contribution in [2.45, 2.75) is 12.8 Å². The standard InChI is InChI=1S/C28H17FO6/c1-27(23(30)15-10-12-17(29)13-11-15)22-18-7-3-5-9-21(18)35-26(33)28(22,27)24(31)19-14-16-6-2-4-8-20(16)34-25(19)32/h2-14,22H,1H3/t22-,27+,28+/m0/s1. The van der Waals surface area contributed by atoms with Gasteiger partial charge in [-0.1, -0.05) is 43.3 Å². The monoisotopic (exact) mass is 468 g/mol. The minimum atomic E-state index is -1.97. The van der Waals surface area contributed by atoms with Crippen molar-refractivity contribution in [2.75, 3.05) is 0 Å². The molecule has 1 fully saturated rings. The van der Waals surface area contributed by atoms with E-state index in [4.69, 9.17) is 9.15 Å². The molecule has 7 heteroatoms. The van der Waals surface area contributed by atoms with Crippen LogP contribution in [0.1, 0.15) is 39.1 Å². The van der Waals surface area contributed by atoms with Crippen molar-refractivity contribution in [3.05, 3.63) is 112 Å². The largest absolute Gasteiger partial charge is 0.425 e. The van der Waals surface area contributed by atoms with Gasteiger partial charge in [0, 0.05) is 22.4 Å². The van der Waals surface area contributed by atoms with E-state index in [-0.39, 0.29) is 16.9 Å². The molecule has 0 radical (unpaired) electrons. The van der Waals surface area contributed by atoms with Crippen LogP contribution in [-0.2, 0) is 4.79 Å². The van der Waals surface area contributed by atoms with Crippen molar-refractivity contribution < 1.29 is 27.9 Å². The van der Waals surface area contributed by atoms with E-state index >= 15 is 0 Å². The number of hydrogen-bond donors (Lipinski definition) is 0. The van der Waals surface area contributed by atoms with Gasteiger partial charge in [-0.25, -0.2) is 9.18 Å². The molecule has 2 aliphatic rings. The zero-order valence-electron chi connectivity index (χ0n) is 18.4. The summed E-state index contributed by atoms with van der Waals surface area (Å²) >= 11 is 0. The smallest absolute Gasteiger partial charge is 0.347 e. The van der Waals surface area contributed by atoms with E-state index < -0.39 is 45.7 Å². The van der Waals surface area contributed by atoms with Crippen molar-refractivity contribution >= 4 is 28.5 Å². The summed E-state index contributed by atoms with van der Waals surface area (Å²) in [6.07, 6.45) is 0. The first-order chi connectivity index (χ1) is 16.8. The summed E-state index contributed by atoms with van der Waals surface area (Å²) in [5.41, 5.74) is -3.82. The summed E-state index contributed by atoms with van der Waals surface area (Å²) in [4.78, 5) is 54.3. The van der Waals surface area contributed by atoms with Gasteiger partial charge in [0.25, 0.3) is 0 Å². The van der Waals surface area contributed by atoms with E-state index in [1.807, 2.05) is 0 Å². The molecule has 6 rings (SSSR count). The van der Waals surface area contributed by atoms with Gasteiger partial charge in [-0.2, -0.15) is 0 Å². The number of hydrogen-bond acceptors (Lipinski definition) is 6. The number of ketones is 2. The molecule has 1 aliphatic carbocycles. The Morgan fingerprint density at radius 2 is 1.57 bits per heavy atom. The minimum absolute atomic E-state index is 0.145. The summed E-state index contributed by atoms with van der Waals surface area (Å²) in [5.74, 6) is -3.40. The quantitative estimate of drug-likeness (QED) is 0.142. The summed E-state index contributed by atoms with van der Waals surface area (Å²) in [5, 5.41) is 0.500. The highest BCUT2D eigenvalue weighted by Crippen LogP contribution is 2.79. The van der Waals surface area contributed by atoms with Gasteiger partial charge < -0.3 is 9.15 Å². The van der Waals surface area contributed by atoms with Crippen LogP contribution in [0.15, 0.2) is 88.1 Å². The number of ether oxygens (including phenoxy) is 1. The number of esters is 1. The third-order valence-corrected chi connectivity index (χ3v) is 7.32. The Morgan fingerprint density at radius 3 is 2.34 bits per heavy atom. The molecular weight excluding hydrogens is 451 g/mol. The lowest BCUT2D eigenvalue weighted by Gasteiger charge is -2.22. The predicted molar refractivity (Wildman–Crippen MR) is 123 cm³/mol. The lowest BCUT2D eigenvalue weighted by atomic mass is 9.82. The molecule has 6 nitrogen and oxygen atoms in total. The van der Waals surface area contributed by atoms with Crippen LogP contribution >= 0.6 is 0 Å². The van der Waals surface area contributed by atoms with Crippen LogP contribution in [0.4, 0.5) is 4.39 Å². The lowest BCUT2D eigenvalue weighted by molar-refractivity contribution is -0.140. The van der Waals surface area contributed by atoms with Crippen LogP contribution in [-0.4, -0.2) is 17.5 Å². The van der Waals surface area contributed by atoms with Gasteiger partial charge in [0.15, 0.2) is 17.0 Å². The van der Waals surface area contributed by atoms with Crippen LogP contribution in [0.3, 0.4) is 0 Å². The van der Waals surface area contributed by atoms with Crippen molar-refractivity contribution in [1.29, 1.82) is 0 Å². The van der Waals surface area contributed by atoms with Crippen LogP contribution in [0, 0.1) is 16.6 Å². The molecule has 0 unspecified atom stereocenters. The van der Waals surface area contributed by atoms with Gasteiger partial charge in [0.2, 0.25) is 0 Å². The number of para-hydroxylation sites is 2. The molecule has 0 amide bonds. The van der Waals surface area contributed by atoms with Gasteiger partial charge >= 0.3 is 11.6 Å². The third kappa shape index (κ3) is 2.63. The van der Waals surface area contributed by atoms with Crippen LogP contribution in [0.5, 0.6) is 5.75 Å². The maximum absolute atomic E-state index is 14.1. The van der Waals surface area contributed by atoms with Crippen molar-refractivity contribution in [3.8, 4) is 5.75 Å². The van der Waals surface area contributed by atoms with E-state index in [0.717, 1.165) is 12.1 Å². The number of Topliss-reactive ketones (excluding diaryl/α,β-unsaturated/α-hetero) is 2. The first kappa shape index (κ1) is 21.2. The first-order valence-corrected chi connectivity index (χ1v) is 11.0. The second-order valence-corrected chi connectivity index (χ2v) is 9.02. The zero-order chi connectivity index (χ0) is 24.5. The Bertz CT molecular complexity index is 1640. The maximum Gasteiger partial charge on any atom is 0.347 e. The highest BCUT2D eigenvalue weighted by Gasteiger charge is 2.87. The summed E-state index contributed by atoms with van der Waals surface area (Å²) < 4.78 is 24.4. The Labute approximate surface area is 198 Å². The van der Waals surface area contributed by atoms with E-state index in [0.29, 0.717) is 16.5 Å². The van der Waals surface area contributed by atoms with Crippen molar-refractivity contribution in [2.24, 2.45) is 10.8 Å². The average Bonchev–Trinajstić information content (AvgIpc) is 3.46. The van der Waals surface area contributed by atoms with Gasteiger partial charge in [-0.05, 0) is 42.5 Å². The molecule has 1 aliphatic heterocycles. The van der Waals surface area contributed by atoms with Crippen LogP contribution in [0.25, 0.3) is 11.0 Å². The van der Waals surface area contributed by atoms with Gasteiger partial charge in [0.1, 0.15) is 22.7 Å². The van der Waals surface area contributed by atoms with Gasteiger partial charge in [-0.15, -0.1) is 0 Å². The van der Waals surface area contributed by atoms with Crippen LogP contribution in [0.2, 0.25) is 0 Å². The summed E-state index contributed by atoms with van der Waals surface area (Å²) in [6, 6.07) is 19.7. The molecule has 0 spiro atoms. The molecule has 1 aromatic heterocycles. The summed E-state index contributed by atoms with van der Waals surface area (Å²) in [6.45, 7) is 1.52. The number of rotatable bonds is 4. The molecular formula is C28H17FO6. The average molecular weight is 468 g/mol. The Morgan fingerprint density at radius 1 is 0.886 bits per heavy atom. The zero-order valence-corrected chi connectivity index (χ0v) is 18.4. The topological polar surface area (TPSA) is 90.7 Å². The second kappa shape index (κ2) is 7.06. The molecule has 0 N–H and O–H groups in total. The minimum Gasteiger partial charge on any atom is -0.425 e. The van der Waals surface area contributed by atoms with Gasteiger partial charge in [0.05, 0.1) is 5.41 Å². The van der Waals surface area contributed by atoms with Crippen molar-refractivity contribution in [1.82, 2.24) is 0 Å². The molecule has 1 saturated carbocycles. The molecule has 3 aromatic carbocycles. The van der Waals surface area contributed by atoms with Crippen molar-refractivity contribution in [3.63, 3.8) is 0 Å². The fourth-order valence-electron chi connectivity index (χ4n) is 5.59. The fourth-order valence-corrected chi connectivity index (χ4v) is 5.59. The Hall–Kier alpha value is -4.39. The normalized spacial score (nSPS) is 24.3. The Kier molecular flexibility index (Phi) is 4.27. The number of halogens is 1. The number of carbonyl (C=O) groups excluding carboxylic acids is 3. The third-order valence-electron chi connectivity index (χ3n) is 7.32. The predicted octanol–water partition coefficient (Wildman–Crippen LogP) is 4.71. The lowest BCUT2D eigenvalue weighted by Crippen LogP contribution is -2.40. The highest BCUT2D eigenvalue weighted by molar-refractivity contribution is 6.25. The number of carbonyl (C=O) groups is 3. The first-order valence-electron chi connectivity index (χ1n) is 11.0. The van der Waals surface area contributed by atoms with Gasteiger partial charge in [-0.3, -0.25) is 14.4 Å². The SMILES string of the molecule is C[C@]1(C(=O)c2ccc(F)cc2)[C@@H]2c3ccccc3OC(=O)[C@]21C(=O)c1cc2ccccc2oc1=O. The van der Waals surface area contributed by atoms with E-state index in [1.54, 1.807) is 48.5 Å². The molecule has 35 heavy (non-hydrogen) atoms. The Balaban J connectivity index is 1.58. The van der Waals surface area contributed by atoms with E-state index in [9.17, 15) is 23.6 Å². The molecule has 0 bridgehead atoms. The molecule has 3 atom stereocenters. The molecule has 172 valence electrons. The number of benzene rings is 3. The number of fused-ring (bicyclic) bond motifs is 4. The van der Waals surface area contributed by atoms with E-state index in [1.165, 1.54) is 25.1 Å². The highest BCUT2D eigenvalue weighted by atomic mass is 19.1. The molecule has 2 heterocycles. The molecule has 0 saturated heterocycles. The van der Waals surface area contributed by atoms with Crippen LogP contribution < -0.4 is 10.4 Å². The molecule has 4 aromatic rings. The van der Waals surface area contributed by atoms with E-state index in [2.05, 4.69) is 0 Å².